The molecule has 0 fully saturated rings. The molecule has 3 aliphatic rings. The first-order valence-electron chi connectivity index (χ1n) is 20.5. The van der Waals surface area contributed by atoms with Crippen LogP contribution in [0.4, 0.5) is 17.1 Å². The second kappa shape index (κ2) is 11.7. The van der Waals surface area contributed by atoms with Gasteiger partial charge in [0.1, 0.15) is 16.7 Å². The van der Waals surface area contributed by atoms with Gasteiger partial charge in [0.05, 0.1) is 16.8 Å². The molecule has 0 spiro atoms. The predicted molar refractivity (Wildman–Crippen MR) is 239 cm³/mol. The van der Waals surface area contributed by atoms with Gasteiger partial charge in [-0.1, -0.05) is 146 Å². The summed E-state index contributed by atoms with van der Waals surface area (Å²) in [6.45, 7) is 16.6. The van der Waals surface area contributed by atoms with Crippen LogP contribution in [-0.4, -0.2) is 0 Å². The second-order valence-electron chi connectivity index (χ2n) is 18.4. The van der Waals surface area contributed by atoms with E-state index in [0.29, 0.717) is 0 Å². The Hall–Kier alpha value is -6.06. The summed E-state index contributed by atoms with van der Waals surface area (Å²) in [5.74, 6) is 0. The van der Waals surface area contributed by atoms with Crippen LogP contribution in [0.25, 0.3) is 55.5 Å². The van der Waals surface area contributed by atoms with E-state index in [4.69, 9.17) is 8.83 Å². The van der Waals surface area contributed by atoms with Gasteiger partial charge in [0.15, 0.2) is 5.58 Å². The van der Waals surface area contributed by atoms with Gasteiger partial charge < -0.3 is 13.7 Å². The summed E-state index contributed by atoms with van der Waals surface area (Å²) in [7, 11) is 0. The lowest BCUT2D eigenvalue weighted by molar-refractivity contribution is 0.561. The van der Waals surface area contributed by atoms with Gasteiger partial charge in [0, 0.05) is 38.2 Å². The Labute approximate surface area is 334 Å². The molecule has 2 aromatic heterocycles. The highest BCUT2D eigenvalue weighted by Gasteiger charge is 2.47. The summed E-state index contributed by atoms with van der Waals surface area (Å²) in [5, 5.41) is 4.42. The van der Waals surface area contributed by atoms with Gasteiger partial charge in [-0.15, -0.1) is 0 Å². The highest BCUT2D eigenvalue weighted by atomic mass is 16.3. The van der Waals surface area contributed by atoms with Crippen molar-refractivity contribution in [2.45, 2.75) is 77.6 Å². The van der Waals surface area contributed by atoms with E-state index in [1.54, 1.807) is 0 Å². The number of hydrogen-bond donors (Lipinski definition) is 0. The van der Waals surface area contributed by atoms with Crippen LogP contribution < -0.4 is 4.90 Å². The molecule has 57 heavy (non-hydrogen) atoms. The van der Waals surface area contributed by atoms with E-state index in [1.165, 1.54) is 44.5 Å². The van der Waals surface area contributed by atoms with E-state index >= 15 is 0 Å². The largest absolute Gasteiger partial charge is 0.455 e. The monoisotopic (exact) mass is 741 g/mol. The zero-order valence-corrected chi connectivity index (χ0v) is 33.9. The molecule has 0 N–H and O–H groups in total. The van der Waals surface area contributed by atoms with Crippen LogP contribution in [0.15, 0.2) is 153 Å². The number of nitrogens with zero attached hydrogens (tertiary/aromatic N) is 1. The minimum absolute atomic E-state index is 0.0171. The lowest BCUT2D eigenvalue weighted by Gasteiger charge is -2.40. The topological polar surface area (TPSA) is 29.5 Å². The molecule has 0 amide bonds. The molecule has 280 valence electrons. The Morgan fingerprint density at radius 2 is 1.21 bits per heavy atom. The molecule has 0 saturated heterocycles. The van der Waals surface area contributed by atoms with Crippen molar-refractivity contribution in [1.82, 2.24) is 0 Å². The van der Waals surface area contributed by atoms with Crippen molar-refractivity contribution < 1.29 is 8.83 Å². The van der Waals surface area contributed by atoms with Crippen LogP contribution in [0.1, 0.15) is 89.1 Å². The SMILES string of the molecule is CC(C)(C)c1ccc(N(c2cccc3c2oc2ccccc23)c2cc3c(c4oc5ccccc5c24)C=CC2=C(C4=C(CC2)c2ccccc2C4(C)C)C3(C)C)cc1. The quantitative estimate of drug-likeness (QED) is 0.181. The predicted octanol–water partition coefficient (Wildman–Crippen LogP) is 15.4. The van der Waals surface area contributed by atoms with Crippen molar-refractivity contribution in [3.05, 3.63) is 172 Å². The second-order valence-corrected chi connectivity index (χ2v) is 18.4. The average molecular weight is 742 g/mol. The van der Waals surface area contributed by atoms with Gasteiger partial charge in [-0.2, -0.15) is 0 Å². The highest BCUT2D eigenvalue weighted by Crippen LogP contribution is 2.60. The maximum Gasteiger partial charge on any atom is 0.159 e. The first kappa shape index (κ1) is 34.2. The van der Waals surface area contributed by atoms with E-state index in [2.05, 4.69) is 187 Å². The van der Waals surface area contributed by atoms with Crippen molar-refractivity contribution in [2.75, 3.05) is 4.90 Å². The van der Waals surface area contributed by atoms with Gasteiger partial charge in [-0.25, -0.2) is 0 Å². The summed E-state index contributed by atoms with van der Waals surface area (Å²) in [5.41, 5.74) is 18.7. The Kier molecular flexibility index (Phi) is 7.05. The summed E-state index contributed by atoms with van der Waals surface area (Å²) in [6, 6.07) is 44.2. The first-order valence-corrected chi connectivity index (χ1v) is 20.5. The number of benzene rings is 6. The fourth-order valence-electron chi connectivity index (χ4n) is 10.6. The van der Waals surface area contributed by atoms with E-state index in [0.717, 1.165) is 79.3 Å². The highest BCUT2D eigenvalue weighted by molar-refractivity contribution is 6.18. The number of furan rings is 2. The van der Waals surface area contributed by atoms with E-state index < -0.39 is 0 Å². The maximum atomic E-state index is 7.06. The van der Waals surface area contributed by atoms with Crippen molar-refractivity contribution in [1.29, 1.82) is 0 Å². The Bertz CT molecular complexity index is 3090. The fourth-order valence-corrected chi connectivity index (χ4v) is 10.6. The number of allylic oxidation sites excluding steroid dienone is 5. The summed E-state index contributed by atoms with van der Waals surface area (Å²) in [4.78, 5) is 2.43. The van der Waals surface area contributed by atoms with E-state index in [9.17, 15) is 0 Å². The molecule has 3 aliphatic carbocycles. The first-order chi connectivity index (χ1) is 27.4. The van der Waals surface area contributed by atoms with Crippen molar-refractivity contribution in [2.24, 2.45) is 0 Å². The zero-order chi connectivity index (χ0) is 39.0. The summed E-state index contributed by atoms with van der Waals surface area (Å²) in [6.07, 6.45) is 6.84. The van der Waals surface area contributed by atoms with E-state index in [-0.39, 0.29) is 16.2 Å². The third-order valence-corrected chi connectivity index (χ3v) is 13.3. The minimum atomic E-state index is -0.358. The van der Waals surface area contributed by atoms with Crippen LogP contribution in [0.2, 0.25) is 0 Å². The number of fused-ring (bicyclic) bond motifs is 11. The fraction of sp³-hybridized carbons (Fsp3) is 0.222. The molecular weight excluding hydrogens is 695 g/mol. The normalized spacial score (nSPS) is 17.0. The summed E-state index contributed by atoms with van der Waals surface area (Å²) >= 11 is 0. The molecule has 0 saturated carbocycles. The van der Waals surface area contributed by atoms with Crippen molar-refractivity contribution >= 4 is 72.6 Å². The third-order valence-electron chi connectivity index (χ3n) is 13.3. The summed E-state index contributed by atoms with van der Waals surface area (Å²) < 4.78 is 13.9. The third kappa shape index (κ3) is 4.78. The maximum absolute atomic E-state index is 7.06. The van der Waals surface area contributed by atoms with Gasteiger partial charge >= 0.3 is 0 Å². The number of para-hydroxylation sites is 3. The number of hydrogen-bond acceptors (Lipinski definition) is 3. The smallest absolute Gasteiger partial charge is 0.159 e. The van der Waals surface area contributed by atoms with Crippen LogP contribution in [0.3, 0.4) is 0 Å². The lowest BCUT2D eigenvalue weighted by Crippen LogP contribution is -2.31. The van der Waals surface area contributed by atoms with Gasteiger partial charge in [0.2, 0.25) is 0 Å². The molecule has 3 heteroatoms. The van der Waals surface area contributed by atoms with Crippen LogP contribution in [-0.2, 0) is 16.2 Å². The van der Waals surface area contributed by atoms with Gasteiger partial charge in [-0.3, -0.25) is 0 Å². The molecule has 3 nitrogen and oxygen atoms in total. The minimum Gasteiger partial charge on any atom is -0.455 e. The number of rotatable bonds is 3. The van der Waals surface area contributed by atoms with Gasteiger partial charge in [-0.05, 0) is 99.2 Å². The molecule has 0 radical (unpaired) electrons. The van der Waals surface area contributed by atoms with Crippen LogP contribution in [0, 0.1) is 0 Å². The molecule has 0 bridgehead atoms. The molecule has 0 unspecified atom stereocenters. The van der Waals surface area contributed by atoms with Crippen molar-refractivity contribution in [3.63, 3.8) is 0 Å². The zero-order valence-electron chi connectivity index (χ0n) is 33.9. The lowest BCUT2D eigenvalue weighted by atomic mass is 9.64. The van der Waals surface area contributed by atoms with Crippen LogP contribution in [0.5, 0.6) is 0 Å². The Balaban J connectivity index is 1.23. The van der Waals surface area contributed by atoms with Gasteiger partial charge in [0.25, 0.3) is 0 Å². The molecule has 6 aromatic carbocycles. The number of anilines is 3. The Morgan fingerprint density at radius 3 is 1.98 bits per heavy atom. The Morgan fingerprint density at radius 1 is 0.561 bits per heavy atom. The van der Waals surface area contributed by atoms with Crippen LogP contribution >= 0.6 is 0 Å². The van der Waals surface area contributed by atoms with E-state index in [1.807, 2.05) is 0 Å². The molecular formula is C54H47NO2. The average Bonchev–Trinajstić information content (AvgIpc) is 3.83. The molecule has 0 atom stereocenters. The molecule has 8 aromatic rings. The van der Waals surface area contributed by atoms with Crippen molar-refractivity contribution in [3.8, 4) is 0 Å². The molecule has 2 heterocycles. The molecule has 0 aliphatic heterocycles. The standard InChI is InChI=1S/C54H47NO2/c1-52(2,3)33-25-27-34(28-26-33)55(43-20-14-18-38-36-16-9-12-21-45(36)56-50(38)43)44-31-42-39(51-47(44)40-17-10-13-22-46(40)57-51)30-24-32-23-29-37-35-15-8-11-19-41(35)53(4,5)49(37)48(32)54(42,6)7/h8-22,24-28,30-31H,23,29H2,1-7H3. The molecule has 11 rings (SSSR count).